The van der Waals surface area contributed by atoms with Crippen molar-refractivity contribution in [3.8, 4) is 53.2 Å². The predicted molar refractivity (Wildman–Crippen MR) is 209 cm³/mol. The van der Waals surface area contributed by atoms with E-state index < -0.39 is 0 Å². The Kier molecular flexibility index (Phi) is 9.26. The number of benzene rings is 5. The first-order valence-electron chi connectivity index (χ1n) is 17.0. The minimum atomic E-state index is 0.188. The molecule has 1 heterocycles. The van der Waals surface area contributed by atoms with Crippen molar-refractivity contribution in [1.82, 2.24) is 4.57 Å². The number of fused-ring (bicyclic) bond motifs is 3. The van der Waals surface area contributed by atoms with Gasteiger partial charge < -0.3 is 10.3 Å². The second-order valence-corrected chi connectivity index (χ2v) is 12.7. The lowest BCUT2D eigenvalue weighted by atomic mass is 9.89. The van der Waals surface area contributed by atoms with E-state index in [0.29, 0.717) is 46.2 Å². The molecule has 6 aromatic rings. The molecule has 55 heavy (non-hydrogen) atoms. The smallest absolute Gasteiger partial charge is 0.156 e. The number of allylic oxidation sites excluding steroid dienone is 1. The van der Waals surface area contributed by atoms with Crippen LogP contribution in [0.15, 0.2) is 107 Å². The van der Waals surface area contributed by atoms with Crippen LogP contribution in [0.3, 0.4) is 0 Å². The van der Waals surface area contributed by atoms with E-state index in [2.05, 4.69) is 46.0 Å². The SMILES string of the molecule is CN=C(N=C(N)c1ccccc1-n1c2c(c3cc(-c4cc(C#N)cc(C#N)c4)ccc31)C=C(c1cc(C#N)cc(C#N)c1)CC2)c1ccc(C#N)c(C#N)c1. The van der Waals surface area contributed by atoms with Gasteiger partial charge in [0.2, 0.25) is 0 Å². The van der Waals surface area contributed by atoms with Crippen LogP contribution < -0.4 is 5.73 Å². The zero-order chi connectivity index (χ0) is 38.6. The standard InChI is InChI=1S/C45H26N10/c1-53-45(33-6-7-34(25-50)37(18-33)26-51)54-44(52)38-4-2-3-5-41(38)55-42-10-8-31(35-14-27(21-46)12-28(15-35)22-47)19-39(42)40-20-32(9-11-43(40)55)36-16-29(23-48)13-30(17-36)24-49/h2-8,10,12-20H,9,11H2,1H3,(H2,52,53,54). The highest BCUT2D eigenvalue weighted by atomic mass is 15.0. The molecule has 0 spiro atoms. The summed E-state index contributed by atoms with van der Waals surface area (Å²) in [6.45, 7) is 0. The van der Waals surface area contributed by atoms with Gasteiger partial charge >= 0.3 is 0 Å². The molecule has 0 unspecified atom stereocenters. The fourth-order valence-electron chi connectivity index (χ4n) is 7.00. The number of nitrogens with zero attached hydrogens (tertiary/aromatic N) is 9. The molecule has 0 radical (unpaired) electrons. The second kappa shape index (κ2) is 14.6. The van der Waals surface area contributed by atoms with E-state index in [4.69, 9.17) is 10.7 Å². The van der Waals surface area contributed by atoms with E-state index in [0.717, 1.165) is 50.1 Å². The average Bonchev–Trinajstić information content (AvgIpc) is 3.57. The minimum Gasteiger partial charge on any atom is -0.383 e. The van der Waals surface area contributed by atoms with Crippen molar-refractivity contribution in [3.63, 3.8) is 0 Å². The van der Waals surface area contributed by atoms with Crippen molar-refractivity contribution in [2.24, 2.45) is 15.7 Å². The van der Waals surface area contributed by atoms with Crippen LogP contribution in [0.4, 0.5) is 0 Å². The van der Waals surface area contributed by atoms with Crippen LogP contribution in [0.2, 0.25) is 0 Å². The molecular weight excluding hydrogens is 681 g/mol. The number of rotatable bonds is 5. The van der Waals surface area contributed by atoms with E-state index in [1.165, 1.54) is 0 Å². The van der Waals surface area contributed by atoms with Crippen LogP contribution in [0.1, 0.15) is 67.7 Å². The Hall–Kier alpha value is -8.54. The van der Waals surface area contributed by atoms with E-state index in [1.54, 1.807) is 61.6 Å². The van der Waals surface area contributed by atoms with Gasteiger partial charge in [0.1, 0.15) is 18.0 Å². The van der Waals surface area contributed by atoms with Crippen LogP contribution in [-0.4, -0.2) is 23.3 Å². The van der Waals surface area contributed by atoms with E-state index >= 15 is 0 Å². The first-order chi connectivity index (χ1) is 26.8. The maximum atomic E-state index is 9.70. The van der Waals surface area contributed by atoms with Gasteiger partial charge in [-0.05, 0) is 120 Å². The lowest BCUT2D eigenvalue weighted by Crippen LogP contribution is -2.19. The summed E-state index contributed by atoms with van der Waals surface area (Å²) in [4.78, 5) is 9.08. The Labute approximate surface area is 316 Å². The van der Waals surface area contributed by atoms with Crippen molar-refractivity contribution in [3.05, 3.63) is 158 Å². The summed E-state index contributed by atoms with van der Waals surface area (Å²) in [7, 11) is 1.58. The van der Waals surface area contributed by atoms with Gasteiger partial charge in [0.15, 0.2) is 5.84 Å². The van der Waals surface area contributed by atoms with Crippen LogP contribution in [0, 0.1) is 68.0 Å². The summed E-state index contributed by atoms with van der Waals surface area (Å²) >= 11 is 0. The number of nitriles is 6. The summed E-state index contributed by atoms with van der Waals surface area (Å²) in [5, 5.41) is 58.7. The molecule has 2 N–H and O–H groups in total. The summed E-state index contributed by atoms with van der Waals surface area (Å²) in [6, 6.07) is 41.4. The Balaban J connectivity index is 1.44. The van der Waals surface area contributed by atoms with Crippen molar-refractivity contribution < 1.29 is 0 Å². The van der Waals surface area contributed by atoms with Gasteiger partial charge in [0.05, 0.1) is 68.9 Å². The third-order valence-electron chi connectivity index (χ3n) is 9.52. The third kappa shape index (κ3) is 6.44. The molecule has 10 nitrogen and oxygen atoms in total. The molecule has 0 bridgehead atoms. The highest BCUT2D eigenvalue weighted by Crippen LogP contribution is 2.41. The molecule has 0 atom stereocenters. The van der Waals surface area contributed by atoms with Gasteiger partial charge in [-0.3, -0.25) is 4.99 Å². The molecule has 0 amide bonds. The van der Waals surface area contributed by atoms with Crippen LogP contribution in [0.5, 0.6) is 0 Å². The molecule has 0 saturated carbocycles. The number of para-hydroxylation sites is 1. The number of nitrogens with two attached hydrogens (primary N) is 1. The number of aromatic nitrogens is 1. The Bertz CT molecular complexity index is 2900. The molecule has 256 valence electrons. The predicted octanol–water partition coefficient (Wildman–Crippen LogP) is 7.80. The van der Waals surface area contributed by atoms with Crippen molar-refractivity contribution in [2.45, 2.75) is 12.8 Å². The van der Waals surface area contributed by atoms with Gasteiger partial charge in [0, 0.05) is 34.8 Å². The summed E-state index contributed by atoms with van der Waals surface area (Å²) in [5.74, 6) is 0.477. The summed E-state index contributed by atoms with van der Waals surface area (Å²) in [5.41, 5.74) is 16.9. The van der Waals surface area contributed by atoms with E-state index in [1.807, 2.05) is 48.5 Å². The van der Waals surface area contributed by atoms with E-state index in [-0.39, 0.29) is 22.8 Å². The quantitative estimate of drug-likeness (QED) is 0.139. The van der Waals surface area contributed by atoms with Crippen LogP contribution in [0.25, 0.3) is 39.4 Å². The maximum absolute atomic E-state index is 9.70. The third-order valence-corrected chi connectivity index (χ3v) is 9.52. The number of hydrogen-bond acceptors (Lipinski definition) is 7. The number of aliphatic imine (C=N–C) groups is 2. The zero-order valence-corrected chi connectivity index (χ0v) is 29.3. The first kappa shape index (κ1) is 34.9. The normalized spacial score (nSPS) is 12.2. The van der Waals surface area contributed by atoms with Gasteiger partial charge in [0.25, 0.3) is 0 Å². The summed E-state index contributed by atoms with van der Waals surface area (Å²) < 4.78 is 2.16. The van der Waals surface area contributed by atoms with Gasteiger partial charge in [-0.25, -0.2) is 4.99 Å². The Morgan fingerprint density at radius 1 is 0.636 bits per heavy atom. The molecule has 0 fully saturated rings. The largest absolute Gasteiger partial charge is 0.383 e. The fraction of sp³-hybridized carbons (Fsp3) is 0.0667. The molecule has 1 aliphatic rings. The van der Waals surface area contributed by atoms with Crippen molar-refractivity contribution >= 4 is 34.2 Å². The van der Waals surface area contributed by atoms with Crippen LogP contribution >= 0.6 is 0 Å². The number of amidine groups is 2. The Morgan fingerprint density at radius 2 is 1.27 bits per heavy atom. The Morgan fingerprint density at radius 3 is 1.89 bits per heavy atom. The molecule has 1 aromatic heterocycles. The molecular formula is C45H26N10. The molecule has 5 aromatic carbocycles. The zero-order valence-electron chi connectivity index (χ0n) is 29.3. The first-order valence-corrected chi connectivity index (χ1v) is 17.0. The number of hydrogen-bond donors (Lipinski definition) is 1. The fourth-order valence-corrected chi connectivity index (χ4v) is 7.00. The molecule has 0 saturated heterocycles. The monoisotopic (exact) mass is 706 g/mol. The molecule has 1 aliphatic carbocycles. The van der Waals surface area contributed by atoms with Gasteiger partial charge in [-0.2, -0.15) is 31.6 Å². The highest BCUT2D eigenvalue weighted by molar-refractivity contribution is 6.13. The molecule has 7 rings (SSSR count). The second-order valence-electron chi connectivity index (χ2n) is 12.7. The molecule has 10 heteroatoms. The van der Waals surface area contributed by atoms with Crippen molar-refractivity contribution in [1.29, 1.82) is 31.6 Å². The van der Waals surface area contributed by atoms with Gasteiger partial charge in [-0.1, -0.05) is 18.2 Å². The average molecular weight is 707 g/mol. The lowest BCUT2D eigenvalue weighted by Gasteiger charge is -2.19. The maximum Gasteiger partial charge on any atom is 0.156 e. The lowest BCUT2D eigenvalue weighted by molar-refractivity contribution is 0.896. The topological polar surface area (TPSA) is 198 Å². The van der Waals surface area contributed by atoms with Crippen LogP contribution in [-0.2, 0) is 6.42 Å². The minimum absolute atomic E-state index is 0.188. The summed E-state index contributed by atoms with van der Waals surface area (Å²) in [6.07, 6.45) is 3.34. The molecule has 0 aliphatic heterocycles. The van der Waals surface area contributed by atoms with Crippen molar-refractivity contribution in [2.75, 3.05) is 7.05 Å². The highest BCUT2D eigenvalue weighted by Gasteiger charge is 2.25. The van der Waals surface area contributed by atoms with Gasteiger partial charge in [-0.15, -0.1) is 0 Å². The van der Waals surface area contributed by atoms with E-state index in [9.17, 15) is 31.6 Å².